The number of phenols is 1. The van der Waals surface area contributed by atoms with E-state index in [1.807, 2.05) is 12.3 Å². The Balaban J connectivity index is 2.13. The van der Waals surface area contributed by atoms with Crippen LogP contribution in [0.1, 0.15) is 109 Å². The first-order chi connectivity index (χ1) is 16.2. The van der Waals surface area contributed by atoms with Crippen molar-refractivity contribution in [2.75, 3.05) is 0 Å². The lowest BCUT2D eigenvalue weighted by molar-refractivity contribution is 0.474. The summed E-state index contributed by atoms with van der Waals surface area (Å²) in [5, 5.41) is 10.7. The summed E-state index contributed by atoms with van der Waals surface area (Å²) >= 11 is 0. The number of rotatable bonds is 5. The Morgan fingerprint density at radius 2 is 1.20 bits per heavy atom. The van der Waals surface area contributed by atoms with Crippen molar-refractivity contribution in [2.24, 2.45) is 4.99 Å². The first kappa shape index (κ1) is 26.7. The van der Waals surface area contributed by atoms with Gasteiger partial charge in [-0.3, -0.25) is 4.99 Å². The summed E-state index contributed by atoms with van der Waals surface area (Å²) < 4.78 is 0. The fourth-order valence-electron chi connectivity index (χ4n) is 4.29. The predicted molar refractivity (Wildman–Crippen MR) is 153 cm³/mol. The number of hydrogen-bond donors (Lipinski definition) is 1. The highest BCUT2D eigenvalue weighted by atomic mass is 16.3. The quantitative estimate of drug-likeness (QED) is 0.371. The summed E-state index contributed by atoms with van der Waals surface area (Å²) in [7, 11) is 0. The van der Waals surface area contributed by atoms with Crippen molar-refractivity contribution in [2.45, 2.75) is 91.9 Å². The van der Waals surface area contributed by atoms with E-state index in [0.717, 1.165) is 16.8 Å². The van der Waals surface area contributed by atoms with Gasteiger partial charge in [-0.25, -0.2) is 0 Å². The molecule has 0 spiro atoms. The second-order valence-corrected chi connectivity index (χ2v) is 12.4. The Bertz CT molecular complexity index is 1160. The van der Waals surface area contributed by atoms with Crippen molar-refractivity contribution in [3.8, 4) is 16.9 Å². The van der Waals surface area contributed by atoms with E-state index in [1.165, 1.54) is 27.8 Å². The van der Waals surface area contributed by atoms with Crippen molar-refractivity contribution >= 4 is 11.9 Å². The number of hydrogen-bond acceptors (Lipinski definition) is 2. The van der Waals surface area contributed by atoms with Gasteiger partial charge in [-0.1, -0.05) is 112 Å². The molecule has 0 aromatic heterocycles. The Hall–Kier alpha value is -2.87. The molecule has 0 aliphatic heterocycles. The first-order valence-electron chi connectivity index (χ1n) is 12.8. The lowest BCUT2D eigenvalue weighted by Crippen LogP contribution is -2.16. The summed E-state index contributed by atoms with van der Waals surface area (Å²) in [5.41, 5.74) is 9.19. The Morgan fingerprint density at radius 3 is 1.66 bits per heavy atom. The molecule has 3 rings (SSSR count). The number of para-hydroxylation sites is 1. The molecule has 0 aliphatic rings. The molecule has 0 atom stereocenters. The van der Waals surface area contributed by atoms with Gasteiger partial charge >= 0.3 is 0 Å². The average Bonchev–Trinajstić information content (AvgIpc) is 2.76. The number of nitrogens with zero attached hydrogens (tertiary/aromatic N) is 1. The standard InChI is InChI=1S/C33H43NO/c1-21(2)28-12-11-13-29(22(3)4)31(28)34-20-25-16-23(14-15-30(25)35)24-17-26(32(5,6)7)19-27(18-24)33(8,9)10/h11-22,35H,1-10H3. The molecule has 0 unspecified atom stereocenters. The monoisotopic (exact) mass is 469 g/mol. The molecule has 0 bridgehead atoms. The van der Waals surface area contributed by atoms with Gasteiger partial charge in [0, 0.05) is 11.8 Å². The SMILES string of the molecule is CC(C)c1cccc(C(C)C)c1N=Cc1cc(-c2cc(C(C)(C)C)cc(C(C)(C)C)c2)ccc1O. The molecule has 0 amide bonds. The van der Waals surface area contributed by atoms with Crippen molar-refractivity contribution in [1.82, 2.24) is 0 Å². The molecule has 186 valence electrons. The molecule has 0 saturated carbocycles. The number of phenolic OH excluding ortho intramolecular Hbond substituents is 1. The van der Waals surface area contributed by atoms with Gasteiger partial charge in [0.05, 0.1) is 5.69 Å². The van der Waals surface area contributed by atoms with Crippen LogP contribution in [0.15, 0.2) is 59.6 Å². The zero-order valence-electron chi connectivity index (χ0n) is 23.3. The van der Waals surface area contributed by atoms with Crippen LogP contribution in [0.3, 0.4) is 0 Å². The highest BCUT2D eigenvalue weighted by Crippen LogP contribution is 2.37. The van der Waals surface area contributed by atoms with E-state index < -0.39 is 0 Å². The third-order valence-corrected chi connectivity index (χ3v) is 6.70. The van der Waals surface area contributed by atoms with Crippen LogP contribution in [0, 0.1) is 0 Å². The summed E-state index contributed by atoms with van der Waals surface area (Å²) in [6.07, 6.45) is 1.82. The van der Waals surface area contributed by atoms with E-state index in [2.05, 4.69) is 112 Å². The summed E-state index contributed by atoms with van der Waals surface area (Å²) in [6, 6.07) is 19.2. The molecule has 0 aliphatic carbocycles. The van der Waals surface area contributed by atoms with Gasteiger partial charge in [0.2, 0.25) is 0 Å². The summed E-state index contributed by atoms with van der Waals surface area (Å²) in [4.78, 5) is 4.94. The van der Waals surface area contributed by atoms with E-state index in [1.54, 1.807) is 6.07 Å². The zero-order valence-corrected chi connectivity index (χ0v) is 23.3. The van der Waals surface area contributed by atoms with Gasteiger partial charge in [0.1, 0.15) is 5.75 Å². The van der Waals surface area contributed by atoms with Crippen molar-refractivity contribution in [3.05, 3.63) is 82.4 Å². The maximum absolute atomic E-state index is 10.7. The van der Waals surface area contributed by atoms with Crippen molar-refractivity contribution in [1.29, 1.82) is 0 Å². The third kappa shape index (κ3) is 6.23. The third-order valence-electron chi connectivity index (χ3n) is 6.70. The molecule has 0 radical (unpaired) electrons. The van der Waals surface area contributed by atoms with Gasteiger partial charge in [0.15, 0.2) is 0 Å². The molecule has 35 heavy (non-hydrogen) atoms. The molecule has 0 heterocycles. The number of benzene rings is 3. The fourth-order valence-corrected chi connectivity index (χ4v) is 4.29. The minimum Gasteiger partial charge on any atom is -0.507 e. The van der Waals surface area contributed by atoms with Crippen LogP contribution in [0.5, 0.6) is 5.75 Å². The summed E-state index contributed by atoms with van der Waals surface area (Å²) in [6.45, 7) is 22.3. The minimum absolute atomic E-state index is 0.0466. The Labute approximate surface area is 213 Å². The van der Waals surface area contributed by atoms with Gasteiger partial charge in [-0.05, 0) is 68.2 Å². The normalized spacial score (nSPS) is 12.8. The van der Waals surface area contributed by atoms with Gasteiger partial charge in [-0.15, -0.1) is 0 Å². The van der Waals surface area contributed by atoms with Crippen LogP contribution in [-0.4, -0.2) is 11.3 Å². The predicted octanol–water partition coefficient (Wildman–Crippen LogP) is 9.65. The molecule has 1 N–H and O–H groups in total. The van der Waals surface area contributed by atoms with Crippen LogP contribution in [-0.2, 0) is 10.8 Å². The lowest BCUT2D eigenvalue weighted by Gasteiger charge is -2.26. The van der Waals surface area contributed by atoms with Crippen molar-refractivity contribution < 1.29 is 5.11 Å². The fraction of sp³-hybridized carbons (Fsp3) is 0.424. The van der Waals surface area contributed by atoms with Crippen LogP contribution < -0.4 is 0 Å². The highest BCUT2D eigenvalue weighted by Gasteiger charge is 2.21. The highest BCUT2D eigenvalue weighted by molar-refractivity contribution is 5.88. The topological polar surface area (TPSA) is 32.6 Å². The maximum Gasteiger partial charge on any atom is 0.124 e. The van der Waals surface area contributed by atoms with Gasteiger partial charge in [0.25, 0.3) is 0 Å². The molecule has 3 aromatic carbocycles. The lowest BCUT2D eigenvalue weighted by atomic mass is 9.79. The molecular formula is C33H43NO. The van der Waals surface area contributed by atoms with Crippen LogP contribution in [0.2, 0.25) is 0 Å². The Morgan fingerprint density at radius 1 is 0.686 bits per heavy atom. The van der Waals surface area contributed by atoms with Gasteiger partial charge < -0.3 is 5.11 Å². The van der Waals surface area contributed by atoms with Gasteiger partial charge in [-0.2, -0.15) is 0 Å². The second kappa shape index (κ2) is 10.0. The smallest absolute Gasteiger partial charge is 0.124 e. The van der Waals surface area contributed by atoms with E-state index >= 15 is 0 Å². The van der Waals surface area contributed by atoms with E-state index in [4.69, 9.17) is 4.99 Å². The molecule has 0 saturated heterocycles. The minimum atomic E-state index is 0.0466. The number of aromatic hydroxyl groups is 1. The second-order valence-electron chi connectivity index (χ2n) is 12.4. The average molecular weight is 470 g/mol. The largest absolute Gasteiger partial charge is 0.507 e. The molecule has 2 heteroatoms. The van der Waals surface area contributed by atoms with Crippen LogP contribution in [0.25, 0.3) is 11.1 Å². The maximum atomic E-state index is 10.7. The van der Waals surface area contributed by atoms with Crippen molar-refractivity contribution in [3.63, 3.8) is 0 Å². The molecule has 0 fully saturated rings. The van der Waals surface area contributed by atoms with E-state index in [9.17, 15) is 5.11 Å². The first-order valence-corrected chi connectivity index (χ1v) is 12.8. The van der Waals surface area contributed by atoms with Crippen LogP contribution >= 0.6 is 0 Å². The van der Waals surface area contributed by atoms with E-state index in [-0.39, 0.29) is 16.6 Å². The number of aliphatic imine (C=N–C) groups is 1. The zero-order chi connectivity index (χ0) is 26.1. The van der Waals surface area contributed by atoms with Crippen LogP contribution in [0.4, 0.5) is 5.69 Å². The Kier molecular flexibility index (Phi) is 7.65. The summed E-state index contributed by atoms with van der Waals surface area (Å²) in [5.74, 6) is 0.988. The molecule has 3 aromatic rings. The van der Waals surface area contributed by atoms with E-state index in [0.29, 0.717) is 11.8 Å². The molecular weight excluding hydrogens is 426 g/mol. The molecule has 2 nitrogen and oxygen atoms in total.